The molecule has 0 bridgehead atoms. The molecule has 3 rings (SSSR count). The number of fused-ring (bicyclic) bond motifs is 2. The number of hydrogen-bond acceptors (Lipinski definition) is 3. The predicted molar refractivity (Wildman–Crippen MR) is 88.9 cm³/mol. The van der Waals surface area contributed by atoms with Gasteiger partial charge in [0, 0.05) is 22.6 Å². The van der Waals surface area contributed by atoms with Crippen LogP contribution in [0.2, 0.25) is 0 Å². The van der Waals surface area contributed by atoms with Gasteiger partial charge in [-0.25, -0.2) is 4.79 Å². The molecule has 0 saturated heterocycles. The van der Waals surface area contributed by atoms with E-state index in [2.05, 4.69) is 26.0 Å². The highest BCUT2D eigenvalue weighted by Gasteiger charge is 2.14. The summed E-state index contributed by atoms with van der Waals surface area (Å²) >= 11 is 0. The number of carbonyl (C=O) groups excluding carboxylic acids is 1. The summed E-state index contributed by atoms with van der Waals surface area (Å²) in [4.78, 5) is 11.5. The van der Waals surface area contributed by atoms with Gasteiger partial charge in [0.05, 0.1) is 12.9 Å². The third kappa shape index (κ3) is 2.29. The van der Waals surface area contributed by atoms with E-state index in [1.54, 1.807) is 19.3 Å². The van der Waals surface area contributed by atoms with Crippen LogP contribution in [0.1, 0.15) is 23.6 Å². The highest BCUT2D eigenvalue weighted by Crippen LogP contribution is 2.35. The van der Waals surface area contributed by atoms with Gasteiger partial charge in [0.1, 0.15) is 5.58 Å². The van der Waals surface area contributed by atoms with Crippen molar-refractivity contribution in [1.82, 2.24) is 0 Å². The monoisotopic (exact) mass is 294 g/mol. The van der Waals surface area contributed by atoms with Gasteiger partial charge in [0.15, 0.2) is 0 Å². The van der Waals surface area contributed by atoms with Crippen LogP contribution in [-0.4, -0.2) is 12.6 Å². The number of hydrogen-bond donors (Lipinski definition) is 0. The van der Waals surface area contributed by atoms with Crippen LogP contribution < -0.4 is 0 Å². The molecule has 0 aliphatic carbocycles. The SMILES string of the molecule is CCOC(=O)/C=C/c1coc2c(C)c3ccccc3c(C)c12. The molecule has 0 fully saturated rings. The second kappa shape index (κ2) is 5.68. The average molecular weight is 294 g/mol. The third-order valence-corrected chi connectivity index (χ3v) is 3.96. The number of furan rings is 1. The minimum absolute atomic E-state index is 0.341. The Morgan fingerprint density at radius 1 is 1.18 bits per heavy atom. The summed E-state index contributed by atoms with van der Waals surface area (Å²) in [7, 11) is 0. The first-order chi connectivity index (χ1) is 10.6. The van der Waals surface area contributed by atoms with Gasteiger partial charge in [-0.15, -0.1) is 0 Å². The number of carbonyl (C=O) groups is 1. The van der Waals surface area contributed by atoms with Crippen molar-refractivity contribution in [3.8, 4) is 0 Å². The van der Waals surface area contributed by atoms with E-state index in [4.69, 9.17) is 9.15 Å². The van der Waals surface area contributed by atoms with Crippen molar-refractivity contribution in [2.45, 2.75) is 20.8 Å². The second-order valence-corrected chi connectivity index (χ2v) is 5.28. The van der Waals surface area contributed by atoms with Crippen LogP contribution in [0.15, 0.2) is 41.0 Å². The van der Waals surface area contributed by atoms with Crippen molar-refractivity contribution in [1.29, 1.82) is 0 Å². The molecule has 3 aromatic rings. The number of benzene rings is 2. The van der Waals surface area contributed by atoms with Crippen LogP contribution in [0.4, 0.5) is 0 Å². The zero-order valence-electron chi connectivity index (χ0n) is 13.0. The first-order valence-corrected chi connectivity index (χ1v) is 7.37. The molecule has 0 N–H and O–H groups in total. The van der Waals surface area contributed by atoms with Crippen molar-refractivity contribution in [2.75, 3.05) is 6.61 Å². The fourth-order valence-corrected chi connectivity index (χ4v) is 2.90. The number of esters is 1. The lowest BCUT2D eigenvalue weighted by atomic mass is 9.95. The number of ether oxygens (including phenoxy) is 1. The van der Waals surface area contributed by atoms with E-state index in [9.17, 15) is 4.79 Å². The van der Waals surface area contributed by atoms with Crippen LogP contribution in [0.25, 0.3) is 27.8 Å². The Labute approximate surface area is 129 Å². The van der Waals surface area contributed by atoms with Crippen molar-refractivity contribution in [3.63, 3.8) is 0 Å². The van der Waals surface area contributed by atoms with Crippen molar-refractivity contribution in [3.05, 3.63) is 53.3 Å². The average Bonchev–Trinajstić information content (AvgIpc) is 2.95. The van der Waals surface area contributed by atoms with Gasteiger partial charge in [0.25, 0.3) is 0 Å². The van der Waals surface area contributed by atoms with E-state index in [0.29, 0.717) is 6.61 Å². The lowest BCUT2D eigenvalue weighted by Gasteiger charge is -2.08. The summed E-state index contributed by atoms with van der Waals surface area (Å²) in [5.41, 5.74) is 4.05. The summed E-state index contributed by atoms with van der Waals surface area (Å²) < 4.78 is 10.7. The second-order valence-electron chi connectivity index (χ2n) is 5.28. The fraction of sp³-hybridized carbons (Fsp3) is 0.211. The maximum atomic E-state index is 11.5. The molecule has 22 heavy (non-hydrogen) atoms. The maximum Gasteiger partial charge on any atom is 0.330 e. The van der Waals surface area contributed by atoms with Crippen molar-refractivity contribution < 1.29 is 13.9 Å². The molecule has 0 aliphatic rings. The van der Waals surface area contributed by atoms with Crippen LogP contribution in [0.5, 0.6) is 0 Å². The largest absolute Gasteiger partial charge is 0.463 e. The summed E-state index contributed by atoms with van der Waals surface area (Å²) in [5.74, 6) is -0.341. The fourth-order valence-electron chi connectivity index (χ4n) is 2.90. The number of rotatable bonds is 3. The summed E-state index contributed by atoms with van der Waals surface area (Å²) in [6, 6.07) is 8.29. The van der Waals surface area contributed by atoms with Gasteiger partial charge in [0.2, 0.25) is 0 Å². The lowest BCUT2D eigenvalue weighted by Crippen LogP contribution is -1.98. The predicted octanol–water partition coefficient (Wildman–Crippen LogP) is 4.78. The molecule has 0 amide bonds. The van der Waals surface area contributed by atoms with E-state index >= 15 is 0 Å². The maximum absolute atomic E-state index is 11.5. The van der Waals surface area contributed by atoms with Gasteiger partial charge in [-0.3, -0.25) is 0 Å². The Kier molecular flexibility index (Phi) is 3.72. The van der Waals surface area contributed by atoms with Gasteiger partial charge in [-0.05, 0) is 43.2 Å². The molecule has 0 radical (unpaired) electrons. The topological polar surface area (TPSA) is 39.4 Å². The van der Waals surface area contributed by atoms with Crippen LogP contribution in [0, 0.1) is 13.8 Å². The molecule has 0 unspecified atom stereocenters. The molecule has 0 spiro atoms. The molecule has 0 aliphatic heterocycles. The zero-order chi connectivity index (χ0) is 15.7. The Morgan fingerprint density at radius 2 is 1.86 bits per heavy atom. The molecule has 0 atom stereocenters. The van der Waals surface area contributed by atoms with Crippen LogP contribution >= 0.6 is 0 Å². The molecular weight excluding hydrogens is 276 g/mol. The van der Waals surface area contributed by atoms with E-state index in [1.165, 1.54) is 16.8 Å². The smallest absolute Gasteiger partial charge is 0.330 e. The van der Waals surface area contributed by atoms with Crippen LogP contribution in [-0.2, 0) is 9.53 Å². The minimum Gasteiger partial charge on any atom is -0.463 e. The van der Waals surface area contributed by atoms with Gasteiger partial charge >= 0.3 is 5.97 Å². The van der Waals surface area contributed by atoms with E-state index < -0.39 is 0 Å². The number of aryl methyl sites for hydroxylation is 2. The molecular formula is C19H18O3. The highest BCUT2D eigenvalue weighted by atomic mass is 16.5. The van der Waals surface area contributed by atoms with Crippen molar-refractivity contribution in [2.24, 2.45) is 0 Å². The Bertz CT molecular complexity index is 884. The Hall–Kier alpha value is -2.55. The normalized spacial score (nSPS) is 11.6. The quantitative estimate of drug-likeness (QED) is 0.515. The standard InChI is InChI=1S/C19H18O3/c1-4-21-17(20)10-9-14-11-22-19-13(3)16-8-6-5-7-15(16)12(2)18(14)19/h5-11H,4H2,1-3H3/b10-9+. The van der Waals surface area contributed by atoms with Gasteiger partial charge in [-0.1, -0.05) is 24.3 Å². The van der Waals surface area contributed by atoms with Gasteiger partial charge in [-0.2, -0.15) is 0 Å². The van der Waals surface area contributed by atoms with E-state index in [1.807, 2.05) is 12.1 Å². The Balaban J connectivity index is 2.20. The third-order valence-electron chi connectivity index (χ3n) is 3.96. The molecule has 112 valence electrons. The Morgan fingerprint density at radius 3 is 2.55 bits per heavy atom. The van der Waals surface area contributed by atoms with E-state index in [0.717, 1.165) is 27.7 Å². The first kappa shape index (κ1) is 14.4. The lowest BCUT2D eigenvalue weighted by molar-refractivity contribution is -0.137. The van der Waals surface area contributed by atoms with E-state index in [-0.39, 0.29) is 5.97 Å². The summed E-state index contributed by atoms with van der Waals surface area (Å²) in [6.45, 7) is 6.31. The summed E-state index contributed by atoms with van der Waals surface area (Å²) in [5, 5.41) is 3.46. The molecule has 1 aromatic heterocycles. The molecule has 1 heterocycles. The molecule has 0 saturated carbocycles. The highest BCUT2D eigenvalue weighted by molar-refractivity contribution is 6.06. The molecule has 2 aromatic carbocycles. The van der Waals surface area contributed by atoms with Crippen molar-refractivity contribution >= 4 is 33.8 Å². The van der Waals surface area contributed by atoms with Gasteiger partial charge < -0.3 is 9.15 Å². The molecule has 3 heteroatoms. The summed E-state index contributed by atoms with van der Waals surface area (Å²) in [6.07, 6.45) is 4.89. The first-order valence-electron chi connectivity index (χ1n) is 7.37. The minimum atomic E-state index is -0.341. The molecule has 3 nitrogen and oxygen atoms in total. The zero-order valence-corrected chi connectivity index (χ0v) is 13.0. The van der Waals surface area contributed by atoms with Crippen LogP contribution in [0.3, 0.4) is 0 Å².